The molecule has 0 bridgehead atoms. The van der Waals surface area contributed by atoms with Crippen LogP contribution in [0.2, 0.25) is 0 Å². The van der Waals surface area contributed by atoms with Gasteiger partial charge in [-0.05, 0) is 0 Å². The molecule has 1 fully saturated rings. The number of rotatable bonds is 0. The van der Waals surface area contributed by atoms with Crippen LogP contribution in [0.15, 0.2) is 0 Å². The van der Waals surface area contributed by atoms with Gasteiger partial charge in [0.1, 0.15) is 6.54 Å². The van der Waals surface area contributed by atoms with Crippen LogP contribution in [0.4, 0.5) is 4.79 Å². The van der Waals surface area contributed by atoms with Gasteiger partial charge in [-0.3, -0.25) is 15.1 Å². The van der Waals surface area contributed by atoms with Crippen molar-refractivity contribution in [2.75, 3.05) is 6.54 Å². The Hall–Kier alpha value is -1.10. The second-order valence-corrected chi connectivity index (χ2v) is 1.48. The van der Waals surface area contributed by atoms with E-state index in [4.69, 9.17) is 5.84 Å². The molecular formula is C3H5N3O2. The topological polar surface area (TPSA) is 75.4 Å². The average molecular weight is 118 g/mol. The number of nitrogens with zero attached hydrogens (tertiary/aromatic N) is 1. The van der Waals surface area contributed by atoms with Gasteiger partial charge in [-0.1, -0.05) is 0 Å². The molecule has 0 spiro atoms. The molecule has 1 aliphatic rings. The molecule has 5 heteroatoms. The minimum atomic E-state index is -0.532. The molecule has 1 heterocycles. The normalized spacial score (nSPS) is 19.4. The van der Waals surface area contributed by atoms with Gasteiger partial charge in [0.05, 0.1) is 0 Å². The molecule has 0 aromatic rings. The van der Waals surface area contributed by atoms with E-state index in [1.165, 1.54) is 0 Å². The zero-order valence-corrected chi connectivity index (χ0v) is 4.05. The molecule has 1 rings (SSSR count). The lowest BCUT2D eigenvalue weighted by Gasteiger charge is -1.99. The van der Waals surface area contributed by atoms with Crippen LogP contribution < -0.4 is 11.2 Å². The summed E-state index contributed by atoms with van der Waals surface area (Å²) in [6, 6.07) is -0.532. The van der Waals surface area contributed by atoms with Gasteiger partial charge in [-0.2, -0.15) is 0 Å². The Morgan fingerprint density at radius 1 is 1.62 bits per heavy atom. The molecule has 1 aliphatic heterocycles. The Balaban J connectivity index is 2.64. The summed E-state index contributed by atoms with van der Waals surface area (Å²) in [5, 5.41) is 2.81. The van der Waals surface area contributed by atoms with Crippen molar-refractivity contribution in [1.82, 2.24) is 10.3 Å². The van der Waals surface area contributed by atoms with E-state index >= 15 is 0 Å². The van der Waals surface area contributed by atoms with E-state index in [0.29, 0.717) is 0 Å². The number of nitrogens with two attached hydrogens (primary N) is 1. The maximum absolute atomic E-state index is 10.3. The summed E-state index contributed by atoms with van der Waals surface area (Å²) in [5.74, 6) is 4.62. The highest BCUT2D eigenvalue weighted by atomic mass is 16.3. The molecule has 0 aliphatic carbocycles. The summed E-state index contributed by atoms with van der Waals surface area (Å²) >= 11 is 0. The van der Waals surface area contributed by atoms with Crippen LogP contribution in [0, 0.1) is 0 Å². The second kappa shape index (κ2) is 1.45. The van der Waals surface area contributed by atoms with E-state index in [1.807, 2.05) is 5.32 Å². The monoisotopic (exact) mass is 118 g/mol. The zero-order valence-electron chi connectivity index (χ0n) is 4.05. The first-order valence-corrected chi connectivity index (χ1v) is 2.06. The highest BCUT2D eigenvalue weighted by Crippen LogP contribution is 1.87. The molecule has 0 aromatic heterocycles. The summed E-state index contributed by atoms with van der Waals surface area (Å²) < 4.78 is 0. The van der Waals surface area contributed by atoms with E-state index in [9.17, 15) is 9.59 Å². The number of hydrogen-bond donors (Lipinski definition) is 2. The first-order chi connectivity index (χ1) is 3.70. The highest BCUT2D eigenvalue weighted by Gasteiger charge is 2.22. The lowest BCUT2D eigenvalue weighted by Crippen LogP contribution is -2.34. The van der Waals surface area contributed by atoms with Crippen LogP contribution in [-0.2, 0) is 4.79 Å². The fraction of sp³-hybridized carbons (Fsp3) is 0.333. The maximum atomic E-state index is 10.3. The van der Waals surface area contributed by atoms with Crippen molar-refractivity contribution >= 4 is 11.9 Å². The molecule has 44 valence electrons. The molecule has 0 atom stereocenters. The summed E-state index contributed by atoms with van der Waals surface area (Å²) in [4.78, 5) is 20.5. The van der Waals surface area contributed by atoms with Crippen LogP contribution in [-0.4, -0.2) is 23.5 Å². The average Bonchev–Trinajstić information content (AvgIpc) is 1.85. The Morgan fingerprint density at radius 3 is 2.38 bits per heavy atom. The predicted molar refractivity (Wildman–Crippen MR) is 24.4 cm³/mol. The summed E-state index contributed by atoms with van der Waals surface area (Å²) in [6.45, 7) is -0.0289. The molecule has 3 N–H and O–H groups in total. The van der Waals surface area contributed by atoms with Crippen molar-refractivity contribution in [3.8, 4) is 0 Å². The molecule has 5 nitrogen and oxygen atoms in total. The third-order valence-electron chi connectivity index (χ3n) is 0.821. The minimum Gasteiger partial charge on any atom is -0.275 e. The van der Waals surface area contributed by atoms with Gasteiger partial charge in [0.2, 0.25) is 5.91 Å². The van der Waals surface area contributed by atoms with Gasteiger partial charge >= 0.3 is 6.03 Å². The Labute approximate surface area is 45.4 Å². The number of nitrogens with one attached hydrogen (secondary N) is 1. The summed E-state index contributed by atoms with van der Waals surface area (Å²) in [5.41, 5.74) is 0. The molecule has 1 saturated heterocycles. The maximum Gasteiger partial charge on any atom is 0.338 e. The zero-order chi connectivity index (χ0) is 6.15. The van der Waals surface area contributed by atoms with Crippen LogP contribution in [0.5, 0.6) is 0 Å². The number of imide groups is 1. The quantitative estimate of drug-likeness (QED) is 0.174. The van der Waals surface area contributed by atoms with Crippen molar-refractivity contribution in [1.29, 1.82) is 0 Å². The van der Waals surface area contributed by atoms with Crippen molar-refractivity contribution in [3.63, 3.8) is 0 Å². The van der Waals surface area contributed by atoms with Crippen molar-refractivity contribution in [2.45, 2.75) is 0 Å². The third-order valence-corrected chi connectivity index (χ3v) is 0.821. The smallest absolute Gasteiger partial charge is 0.275 e. The Kier molecular flexibility index (Phi) is 0.911. The van der Waals surface area contributed by atoms with E-state index in [2.05, 4.69) is 0 Å². The lowest BCUT2D eigenvalue weighted by atomic mass is 11.5. The fourth-order valence-electron chi connectivity index (χ4n) is 0.457. The summed E-state index contributed by atoms with van der Waals surface area (Å²) in [7, 11) is 0. The Bertz CT molecular complexity index is 143. The molecule has 0 radical (unpaired) electrons. The SMILES string of the molecule is NN1[13CH2][13C](=O)N[13C]1=O. The standard InChI is InChI=1S/C3H5N3O2/c4-6-1-2(7)5-3(6)8/h1,4H2,(H,5,7,8)/i1+1,2+1,3+1. The third kappa shape index (κ3) is 0.627. The number of amides is 3. The first kappa shape index (κ1) is 5.04. The molecular weight excluding hydrogens is 113 g/mol. The van der Waals surface area contributed by atoms with E-state index < -0.39 is 6.03 Å². The van der Waals surface area contributed by atoms with Gasteiger partial charge < -0.3 is 0 Å². The van der Waals surface area contributed by atoms with Gasteiger partial charge in [0.15, 0.2) is 0 Å². The first-order valence-electron chi connectivity index (χ1n) is 2.06. The summed E-state index contributed by atoms with van der Waals surface area (Å²) in [6.07, 6.45) is 0. The van der Waals surface area contributed by atoms with Gasteiger partial charge in [-0.15, -0.1) is 0 Å². The van der Waals surface area contributed by atoms with Crippen molar-refractivity contribution < 1.29 is 9.59 Å². The Morgan fingerprint density at radius 2 is 2.25 bits per heavy atom. The van der Waals surface area contributed by atoms with Gasteiger partial charge in [0.25, 0.3) is 0 Å². The number of carbonyl (C=O) groups excluding carboxylic acids is 2. The number of urea groups is 1. The fourth-order valence-corrected chi connectivity index (χ4v) is 0.457. The highest BCUT2D eigenvalue weighted by molar-refractivity contribution is 6.01. The van der Waals surface area contributed by atoms with Crippen molar-refractivity contribution in [2.24, 2.45) is 5.84 Å². The van der Waals surface area contributed by atoms with E-state index in [-0.39, 0.29) is 12.5 Å². The second-order valence-electron chi connectivity index (χ2n) is 1.48. The largest absolute Gasteiger partial charge is 0.338 e. The van der Waals surface area contributed by atoms with Crippen molar-refractivity contribution in [3.05, 3.63) is 0 Å². The number of hydrogen-bond acceptors (Lipinski definition) is 3. The van der Waals surface area contributed by atoms with Crippen LogP contribution in [0.3, 0.4) is 0 Å². The number of hydrazine groups is 1. The van der Waals surface area contributed by atoms with E-state index in [1.54, 1.807) is 0 Å². The van der Waals surface area contributed by atoms with Gasteiger partial charge in [0, 0.05) is 0 Å². The molecule has 8 heavy (non-hydrogen) atoms. The minimum absolute atomic E-state index is 0.0289. The van der Waals surface area contributed by atoms with Crippen LogP contribution in [0.1, 0.15) is 0 Å². The molecule has 0 aromatic carbocycles. The predicted octanol–water partition coefficient (Wildman–Crippen LogP) is -1.59. The van der Waals surface area contributed by atoms with Crippen LogP contribution in [0.25, 0.3) is 0 Å². The number of carbonyl (C=O) groups is 2. The molecule has 3 amide bonds. The van der Waals surface area contributed by atoms with Gasteiger partial charge in [-0.25, -0.2) is 10.6 Å². The van der Waals surface area contributed by atoms with Crippen LogP contribution >= 0.6 is 0 Å². The molecule has 0 unspecified atom stereocenters. The van der Waals surface area contributed by atoms with E-state index in [0.717, 1.165) is 5.01 Å². The lowest BCUT2D eigenvalue weighted by molar-refractivity contribution is -0.118. The molecule has 0 saturated carbocycles.